The van der Waals surface area contributed by atoms with E-state index in [4.69, 9.17) is 4.74 Å². The molecule has 9 rings (SSSR count). The Bertz CT molecular complexity index is 2400. The predicted molar refractivity (Wildman–Crippen MR) is 219 cm³/mol. The molecule has 0 unspecified atom stereocenters. The molecule has 2 heterocycles. The SMILES string of the molecule is Cc1ccc(NN2C(=O)[C@@H]3C[C@@H]4C(=CC[C@@H]5C(=O)N(c6ccc(I)cc6)C(=O)[C@@H]54)[C@H](c4ccc(OCc5ccccc5)cc4O)[C@]3(c3ccccc3)C2=O)cc1. The van der Waals surface area contributed by atoms with Crippen LogP contribution < -0.4 is 15.1 Å². The van der Waals surface area contributed by atoms with E-state index in [1.807, 2.05) is 110 Å². The number of hydrogen-bond acceptors (Lipinski definition) is 7. The second-order valence-electron chi connectivity index (χ2n) is 15.1. The molecule has 2 aliphatic heterocycles. The summed E-state index contributed by atoms with van der Waals surface area (Å²) in [6, 6.07) is 38.8. The van der Waals surface area contributed by atoms with E-state index in [1.54, 1.807) is 30.3 Å². The van der Waals surface area contributed by atoms with E-state index in [0.717, 1.165) is 25.3 Å². The number of fused-ring (bicyclic) bond motifs is 4. The molecule has 3 fully saturated rings. The monoisotopic (exact) mass is 855 g/mol. The highest BCUT2D eigenvalue weighted by molar-refractivity contribution is 14.1. The first-order valence-electron chi connectivity index (χ1n) is 18.8. The molecule has 5 aromatic rings. The number of amides is 4. The van der Waals surface area contributed by atoms with Crippen molar-refractivity contribution in [1.82, 2.24) is 5.01 Å². The van der Waals surface area contributed by atoms with Crippen molar-refractivity contribution in [3.8, 4) is 11.5 Å². The Balaban J connectivity index is 1.19. The number of aryl methyl sites for hydroxylation is 1. The molecule has 280 valence electrons. The molecule has 0 spiro atoms. The summed E-state index contributed by atoms with van der Waals surface area (Å²) in [4.78, 5) is 60.4. The van der Waals surface area contributed by atoms with Crippen LogP contribution in [0.1, 0.15) is 41.0 Å². The van der Waals surface area contributed by atoms with E-state index in [2.05, 4.69) is 28.0 Å². The Hall–Kier alpha value is -5.75. The lowest BCUT2D eigenvalue weighted by atomic mass is 9.49. The molecule has 6 atom stereocenters. The molecule has 10 heteroatoms. The van der Waals surface area contributed by atoms with Gasteiger partial charge in [0.1, 0.15) is 18.1 Å². The minimum absolute atomic E-state index is 0.0992. The van der Waals surface area contributed by atoms with Crippen molar-refractivity contribution in [2.24, 2.45) is 23.7 Å². The molecule has 4 aliphatic rings. The Kier molecular flexibility index (Phi) is 9.03. The second-order valence-corrected chi connectivity index (χ2v) is 16.3. The van der Waals surface area contributed by atoms with Crippen LogP contribution in [-0.2, 0) is 31.2 Å². The first-order valence-corrected chi connectivity index (χ1v) is 19.8. The lowest BCUT2D eigenvalue weighted by molar-refractivity contribution is -0.138. The number of phenols is 1. The summed E-state index contributed by atoms with van der Waals surface area (Å²) >= 11 is 2.19. The quantitative estimate of drug-likeness (QED) is 0.0922. The molecule has 5 aromatic carbocycles. The number of hydrogen-bond donors (Lipinski definition) is 2. The van der Waals surface area contributed by atoms with Gasteiger partial charge in [0, 0.05) is 21.1 Å². The van der Waals surface area contributed by atoms with Crippen molar-refractivity contribution in [2.45, 2.75) is 37.7 Å². The third-order valence-electron chi connectivity index (χ3n) is 12.0. The first kappa shape index (κ1) is 35.9. The van der Waals surface area contributed by atoms with E-state index in [9.17, 15) is 19.5 Å². The molecule has 0 radical (unpaired) electrons. The van der Waals surface area contributed by atoms with Gasteiger partial charge in [-0.25, -0.2) is 0 Å². The number of phenolic OH excluding ortho intramolecular Hbond substituents is 1. The van der Waals surface area contributed by atoms with Gasteiger partial charge in [0.05, 0.1) is 34.5 Å². The Morgan fingerprint density at radius 2 is 1.50 bits per heavy atom. The van der Waals surface area contributed by atoms with Crippen LogP contribution in [0.15, 0.2) is 139 Å². The van der Waals surface area contributed by atoms with E-state index in [-0.39, 0.29) is 37.0 Å². The number of allylic oxidation sites excluding steroid dienone is 2. The number of nitrogens with one attached hydrogen (secondary N) is 1. The van der Waals surface area contributed by atoms with Crippen molar-refractivity contribution < 1.29 is 29.0 Å². The van der Waals surface area contributed by atoms with Gasteiger partial charge in [-0.05, 0) is 102 Å². The zero-order valence-electron chi connectivity index (χ0n) is 30.5. The summed E-state index contributed by atoms with van der Waals surface area (Å²) in [7, 11) is 0. The average molecular weight is 856 g/mol. The molecule has 0 aromatic heterocycles. The van der Waals surface area contributed by atoms with E-state index in [0.29, 0.717) is 28.3 Å². The normalized spacial score (nSPS) is 25.4. The number of imide groups is 2. The minimum Gasteiger partial charge on any atom is -0.508 e. The van der Waals surface area contributed by atoms with Gasteiger partial charge in [0.25, 0.3) is 11.8 Å². The summed E-state index contributed by atoms with van der Waals surface area (Å²) < 4.78 is 7.07. The number of halogens is 1. The average Bonchev–Trinajstić information content (AvgIpc) is 3.60. The number of benzene rings is 5. The summed E-state index contributed by atoms with van der Waals surface area (Å²) in [6.07, 6.45) is 2.43. The molecule has 4 amide bonds. The van der Waals surface area contributed by atoms with Gasteiger partial charge in [-0.2, -0.15) is 5.01 Å². The number of nitrogens with zero attached hydrogens (tertiary/aromatic N) is 2. The number of carbonyl (C=O) groups is 4. The second kappa shape index (κ2) is 14.1. The van der Waals surface area contributed by atoms with Gasteiger partial charge in [-0.15, -0.1) is 0 Å². The standard InChI is InChI=1S/C46H38IN3O6/c1-27-12-16-31(17-13-27)48-50-43(53)38-25-37-34(22-23-36-40(37)44(54)49(42(36)52)32-18-14-30(47)15-19-32)41(46(38,45(50)55)29-10-6-3-7-11-29)35-21-20-33(24-39(35)51)56-26-28-8-4-2-5-9-28/h2-22,24,36-38,40-41,48,51H,23,25-26H2,1H3/t36-,37+,38-,40-,41+,46+/m0/s1. The minimum atomic E-state index is -1.50. The topological polar surface area (TPSA) is 116 Å². The predicted octanol–water partition coefficient (Wildman–Crippen LogP) is 8.07. The first-order chi connectivity index (χ1) is 27.2. The molecule has 9 nitrogen and oxygen atoms in total. The maximum absolute atomic E-state index is 15.4. The number of ether oxygens (including phenoxy) is 1. The molecule has 1 saturated carbocycles. The Labute approximate surface area is 338 Å². The van der Waals surface area contributed by atoms with Crippen molar-refractivity contribution in [1.29, 1.82) is 0 Å². The number of carbonyl (C=O) groups excluding carboxylic acids is 4. The van der Waals surface area contributed by atoms with Crippen LogP contribution in [0.4, 0.5) is 11.4 Å². The van der Waals surface area contributed by atoms with Crippen molar-refractivity contribution in [3.05, 3.63) is 165 Å². The van der Waals surface area contributed by atoms with Crippen molar-refractivity contribution in [3.63, 3.8) is 0 Å². The molecule has 2 saturated heterocycles. The zero-order chi connectivity index (χ0) is 38.7. The Morgan fingerprint density at radius 3 is 2.20 bits per heavy atom. The molecule has 2 N–H and O–H groups in total. The molecule has 2 aliphatic carbocycles. The third kappa shape index (κ3) is 5.72. The van der Waals surface area contributed by atoms with E-state index in [1.165, 1.54) is 4.90 Å². The van der Waals surface area contributed by atoms with Crippen LogP contribution in [0.2, 0.25) is 0 Å². The van der Waals surface area contributed by atoms with Gasteiger partial charge in [0.15, 0.2) is 0 Å². The van der Waals surface area contributed by atoms with Crippen LogP contribution in [-0.4, -0.2) is 33.7 Å². The summed E-state index contributed by atoms with van der Waals surface area (Å²) in [6.45, 7) is 2.25. The molecular weight excluding hydrogens is 817 g/mol. The highest BCUT2D eigenvalue weighted by atomic mass is 127. The van der Waals surface area contributed by atoms with Gasteiger partial charge in [-0.3, -0.25) is 29.5 Å². The number of rotatable bonds is 8. The van der Waals surface area contributed by atoms with Crippen molar-refractivity contribution >= 4 is 57.6 Å². The van der Waals surface area contributed by atoms with Crippen LogP contribution in [0, 0.1) is 34.2 Å². The van der Waals surface area contributed by atoms with Crippen LogP contribution in [0.5, 0.6) is 11.5 Å². The summed E-state index contributed by atoms with van der Waals surface area (Å²) in [5, 5.41) is 13.1. The van der Waals surface area contributed by atoms with Gasteiger partial charge >= 0.3 is 0 Å². The zero-order valence-corrected chi connectivity index (χ0v) is 32.6. The third-order valence-corrected chi connectivity index (χ3v) is 12.8. The lowest BCUT2D eigenvalue weighted by Gasteiger charge is -2.50. The maximum Gasteiger partial charge on any atom is 0.260 e. The van der Waals surface area contributed by atoms with Crippen LogP contribution >= 0.6 is 22.6 Å². The lowest BCUT2D eigenvalue weighted by Crippen LogP contribution is -2.53. The van der Waals surface area contributed by atoms with Crippen LogP contribution in [0.3, 0.4) is 0 Å². The van der Waals surface area contributed by atoms with Crippen molar-refractivity contribution in [2.75, 3.05) is 10.3 Å². The summed E-state index contributed by atoms with van der Waals surface area (Å²) in [5.74, 6) is -4.88. The fourth-order valence-electron chi connectivity index (χ4n) is 9.53. The highest BCUT2D eigenvalue weighted by Crippen LogP contribution is 2.65. The number of hydrazine groups is 1. The highest BCUT2D eigenvalue weighted by Gasteiger charge is 2.70. The molecular formula is C46H38IN3O6. The van der Waals surface area contributed by atoms with Gasteiger partial charge in [-0.1, -0.05) is 96.1 Å². The Morgan fingerprint density at radius 1 is 0.804 bits per heavy atom. The molecule has 56 heavy (non-hydrogen) atoms. The number of anilines is 2. The smallest absolute Gasteiger partial charge is 0.260 e. The van der Waals surface area contributed by atoms with Gasteiger partial charge < -0.3 is 9.84 Å². The van der Waals surface area contributed by atoms with E-state index < -0.39 is 46.8 Å². The van der Waals surface area contributed by atoms with E-state index >= 15 is 4.79 Å². The maximum atomic E-state index is 15.4. The largest absolute Gasteiger partial charge is 0.508 e. The fraction of sp³-hybridized carbons (Fsp3) is 0.217. The van der Waals surface area contributed by atoms with Gasteiger partial charge in [0.2, 0.25) is 11.8 Å². The number of aromatic hydroxyl groups is 1. The van der Waals surface area contributed by atoms with Crippen LogP contribution in [0.25, 0.3) is 0 Å². The summed E-state index contributed by atoms with van der Waals surface area (Å²) in [5.41, 5.74) is 6.51. The molecule has 0 bridgehead atoms. The fourth-order valence-corrected chi connectivity index (χ4v) is 9.89.